The van der Waals surface area contributed by atoms with Crippen LogP contribution in [0.4, 0.5) is 0 Å². The van der Waals surface area contributed by atoms with Gasteiger partial charge in [-0.05, 0) is 22.0 Å². The van der Waals surface area contributed by atoms with Gasteiger partial charge in [0.05, 0.1) is 12.6 Å². The molecule has 0 saturated carbocycles. The van der Waals surface area contributed by atoms with Crippen LogP contribution >= 0.6 is 27.5 Å². The van der Waals surface area contributed by atoms with E-state index >= 15 is 0 Å². The molecule has 0 aliphatic carbocycles. The fourth-order valence-electron chi connectivity index (χ4n) is 0.968. The lowest BCUT2D eigenvalue weighted by molar-refractivity contribution is 0.181. The predicted octanol–water partition coefficient (Wildman–Crippen LogP) is 2.14. The number of nitrogens with two attached hydrogens (primary N) is 1. The fourth-order valence-corrected chi connectivity index (χ4v) is 1.56. The quantitative estimate of drug-likeness (QED) is 0.852. The maximum atomic E-state index is 5.86. The van der Waals surface area contributed by atoms with Crippen molar-refractivity contribution in [2.45, 2.75) is 6.04 Å². The normalized spacial score (nSPS) is 12.9. The molecular weight excluding hydrogens is 255 g/mol. The number of halogens is 2. The van der Waals surface area contributed by atoms with E-state index in [1.807, 2.05) is 6.07 Å². The first-order valence-corrected chi connectivity index (χ1v) is 4.87. The van der Waals surface area contributed by atoms with Gasteiger partial charge in [0, 0.05) is 23.3 Å². The molecule has 0 saturated heterocycles. The zero-order valence-corrected chi connectivity index (χ0v) is 9.47. The average molecular weight is 266 g/mol. The molecule has 1 heterocycles. The lowest BCUT2D eigenvalue weighted by atomic mass is 10.1. The molecule has 1 rings (SSSR count). The van der Waals surface area contributed by atoms with Crippen LogP contribution in [0.3, 0.4) is 0 Å². The van der Waals surface area contributed by atoms with Gasteiger partial charge in [0.1, 0.15) is 5.15 Å². The summed E-state index contributed by atoms with van der Waals surface area (Å²) in [5.41, 5.74) is 6.59. The number of aromatic nitrogens is 1. The zero-order chi connectivity index (χ0) is 9.84. The highest BCUT2D eigenvalue weighted by Gasteiger charge is 2.11. The Bertz CT molecular complexity index is 295. The molecule has 0 spiro atoms. The van der Waals surface area contributed by atoms with Crippen LogP contribution in [0, 0.1) is 0 Å². The molecule has 5 heteroatoms. The third-order valence-electron chi connectivity index (χ3n) is 1.58. The second kappa shape index (κ2) is 4.91. The number of ether oxygens (including phenoxy) is 1. The lowest BCUT2D eigenvalue weighted by Gasteiger charge is -2.11. The first kappa shape index (κ1) is 10.9. The van der Waals surface area contributed by atoms with Gasteiger partial charge >= 0.3 is 0 Å². The Balaban J connectivity index is 2.91. The smallest absolute Gasteiger partial charge is 0.133 e. The summed E-state index contributed by atoms with van der Waals surface area (Å²) in [5, 5.41) is 0.424. The minimum absolute atomic E-state index is 0.234. The fraction of sp³-hybridized carbons (Fsp3) is 0.375. The van der Waals surface area contributed by atoms with Crippen molar-refractivity contribution in [3.63, 3.8) is 0 Å². The Hall–Kier alpha value is -0.160. The minimum Gasteiger partial charge on any atom is -0.383 e. The van der Waals surface area contributed by atoms with Gasteiger partial charge in [0.15, 0.2) is 0 Å². The zero-order valence-electron chi connectivity index (χ0n) is 7.13. The number of rotatable bonds is 3. The summed E-state index contributed by atoms with van der Waals surface area (Å²) in [6, 6.07) is 1.61. The van der Waals surface area contributed by atoms with Gasteiger partial charge in [-0.3, -0.25) is 0 Å². The van der Waals surface area contributed by atoms with Crippen molar-refractivity contribution in [1.29, 1.82) is 0 Å². The van der Waals surface area contributed by atoms with Crippen LogP contribution in [0.2, 0.25) is 5.15 Å². The Labute approximate surface area is 90.4 Å². The molecule has 0 fully saturated rings. The molecule has 1 atom stereocenters. The number of nitrogens with zero attached hydrogens (tertiary/aromatic N) is 1. The van der Waals surface area contributed by atoms with Crippen molar-refractivity contribution < 1.29 is 4.74 Å². The largest absolute Gasteiger partial charge is 0.383 e. The summed E-state index contributed by atoms with van der Waals surface area (Å²) in [6.45, 7) is 0.428. The van der Waals surface area contributed by atoms with E-state index in [9.17, 15) is 0 Å². The number of hydrogen-bond acceptors (Lipinski definition) is 3. The van der Waals surface area contributed by atoms with E-state index < -0.39 is 0 Å². The van der Waals surface area contributed by atoms with Crippen molar-refractivity contribution in [2.24, 2.45) is 5.73 Å². The van der Waals surface area contributed by atoms with Crippen molar-refractivity contribution in [2.75, 3.05) is 13.7 Å². The topological polar surface area (TPSA) is 48.1 Å². The third kappa shape index (κ3) is 2.91. The summed E-state index contributed by atoms with van der Waals surface area (Å²) >= 11 is 9.16. The maximum absolute atomic E-state index is 5.86. The van der Waals surface area contributed by atoms with Crippen LogP contribution in [0.1, 0.15) is 11.6 Å². The SMILES string of the molecule is COC[C@H](N)c1cc(Br)cnc1Cl. The summed E-state index contributed by atoms with van der Waals surface area (Å²) in [7, 11) is 1.60. The number of hydrogen-bond donors (Lipinski definition) is 1. The molecule has 0 radical (unpaired) electrons. The molecule has 0 amide bonds. The van der Waals surface area contributed by atoms with E-state index in [1.54, 1.807) is 13.3 Å². The van der Waals surface area contributed by atoms with Crippen LogP contribution in [0.15, 0.2) is 16.7 Å². The molecule has 2 N–H and O–H groups in total. The van der Waals surface area contributed by atoms with Crippen LogP contribution in [0.5, 0.6) is 0 Å². The highest BCUT2D eigenvalue weighted by molar-refractivity contribution is 9.10. The third-order valence-corrected chi connectivity index (χ3v) is 2.33. The Morgan fingerprint density at radius 2 is 2.46 bits per heavy atom. The van der Waals surface area contributed by atoms with Crippen LogP contribution in [0.25, 0.3) is 0 Å². The Kier molecular flexibility index (Phi) is 4.12. The van der Waals surface area contributed by atoms with Crippen molar-refractivity contribution in [1.82, 2.24) is 4.98 Å². The first-order valence-electron chi connectivity index (χ1n) is 3.70. The molecule has 1 aromatic rings. The summed E-state index contributed by atoms with van der Waals surface area (Å²) < 4.78 is 5.79. The van der Waals surface area contributed by atoms with Gasteiger partial charge in [-0.25, -0.2) is 4.98 Å². The predicted molar refractivity (Wildman–Crippen MR) is 55.8 cm³/mol. The molecule has 0 unspecified atom stereocenters. The lowest BCUT2D eigenvalue weighted by Crippen LogP contribution is -2.16. The second-order valence-corrected chi connectivity index (χ2v) is 3.87. The van der Waals surface area contributed by atoms with Gasteiger partial charge in [-0.15, -0.1) is 0 Å². The highest BCUT2D eigenvalue weighted by Crippen LogP contribution is 2.22. The molecule has 3 nitrogen and oxygen atoms in total. The first-order chi connectivity index (χ1) is 6.15. The van der Waals surface area contributed by atoms with E-state index in [-0.39, 0.29) is 6.04 Å². The van der Waals surface area contributed by atoms with Gasteiger partial charge in [0.25, 0.3) is 0 Å². The van der Waals surface area contributed by atoms with E-state index in [1.165, 1.54) is 0 Å². The second-order valence-electron chi connectivity index (χ2n) is 2.60. The summed E-state index contributed by atoms with van der Waals surface area (Å²) in [4.78, 5) is 3.96. The van der Waals surface area contributed by atoms with Crippen molar-refractivity contribution in [3.8, 4) is 0 Å². The van der Waals surface area contributed by atoms with Gasteiger partial charge < -0.3 is 10.5 Å². The summed E-state index contributed by atoms with van der Waals surface area (Å²) in [6.07, 6.45) is 1.63. The van der Waals surface area contributed by atoms with Crippen LogP contribution < -0.4 is 5.73 Å². The molecule has 0 aliphatic heterocycles. The molecule has 0 aromatic carbocycles. The van der Waals surface area contributed by atoms with Crippen LogP contribution in [-0.2, 0) is 4.74 Å². The van der Waals surface area contributed by atoms with E-state index in [2.05, 4.69) is 20.9 Å². The average Bonchev–Trinajstić information content (AvgIpc) is 2.09. The van der Waals surface area contributed by atoms with Gasteiger partial charge in [-0.2, -0.15) is 0 Å². The standard InChI is InChI=1S/C8H10BrClN2O/c1-13-4-7(11)6-2-5(9)3-12-8(6)10/h2-3,7H,4,11H2,1H3/t7-/m0/s1. The Morgan fingerprint density at radius 1 is 1.77 bits per heavy atom. The molecule has 13 heavy (non-hydrogen) atoms. The number of pyridine rings is 1. The minimum atomic E-state index is -0.234. The van der Waals surface area contributed by atoms with Crippen molar-refractivity contribution >= 4 is 27.5 Å². The maximum Gasteiger partial charge on any atom is 0.133 e. The summed E-state index contributed by atoms with van der Waals surface area (Å²) in [5.74, 6) is 0. The molecule has 0 bridgehead atoms. The molecule has 1 aromatic heterocycles. The molecule has 72 valence electrons. The van der Waals surface area contributed by atoms with E-state index in [0.29, 0.717) is 11.8 Å². The highest BCUT2D eigenvalue weighted by atomic mass is 79.9. The molecule has 0 aliphatic rings. The molecular formula is C8H10BrClN2O. The van der Waals surface area contributed by atoms with Gasteiger partial charge in [-0.1, -0.05) is 11.6 Å². The van der Waals surface area contributed by atoms with Crippen LogP contribution in [-0.4, -0.2) is 18.7 Å². The van der Waals surface area contributed by atoms with Crippen molar-refractivity contribution in [3.05, 3.63) is 27.5 Å². The monoisotopic (exact) mass is 264 g/mol. The van der Waals surface area contributed by atoms with Gasteiger partial charge in [0.2, 0.25) is 0 Å². The van der Waals surface area contributed by atoms with E-state index in [0.717, 1.165) is 10.0 Å². The number of methoxy groups -OCH3 is 1. The Morgan fingerprint density at radius 3 is 3.08 bits per heavy atom. The van der Waals surface area contributed by atoms with E-state index in [4.69, 9.17) is 22.1 Å².